The largest absolute Gasteiger partial charge is 0.489 e. The van der Waals surface area contributed by atoms with Crippen LogP contribution in [0.15, 0.2) is 12.3 Å². The average Bonchev–Trinajstić information content (AvgIpc) is 2.62. The molecule has 1 aliphatic heterocycles. The van der Waals surface area contributed by atoms with Gasteiger partial charge in [-0.2, -0.15) is 0 Å². The number of hydrogen-bond donors (Lipinski definition) is 2. The number of carbonyl (C=O) groups is 2. The van der Waals surface area contributed by atoms with Gasteiger partial charge in [0.15, 0.2) is 5.69 Å². The molecule has 2 N–H and O–H groups in total. The molecule has 30 heavy (non-hydrogen) atoms. The molecule has 8 nitrogen and oxygen atoms in total. The van der Waals surface area contributed by atoms with E-state index in [9.17, 15) is 9.59 Å². The van der Waals surface area contributed by atoms with Gasteiger partial charge in [-0.25, -0.2) is 14.6 Å². The number of carbonyl (C=O) groups excluding carboxylic acids is 1. The third-order valence-electron chi connectivity index (χ3n) is 5.61. The van der Waals surface area contributed by atoms with Crippen LogP contribution in [0.5, 0.6) is 5.75 Å². The molecule has 3 rings (SSSR count). The van der Waals surface area contributed by atoms with E-state index in [1.165, 1.54) is 6.20 Å². The summed E-state index contributed by atoms with van der Waals surface area (Å²) in [4.78, 5) is 29.0. The number of hydrogen-bond acceptors (Lipinski definition) is 6. The standard InChI is InChI=1S/C22H33N3O5/c1-14-9-18(13-24-19(14)20(26)27)29-17-10-16(11-17)23-12-15-5-7-25(8-6-15)21(28)30-22(2,3)4/h9,13,15-17,23H,5-8,10-12H2,1-4H3,(H,26,27). The van der Waals surface area contributed by atoms with Gasteiger partial charge in [-0.15, -0.1) is 0 Å². The van der Waals surface area contributed by atoms with Crippen molar-refractivity contribution >= 4 is 12.1 Å². The number of piperidine rings is 1. The van der Waals surface area contributed by atoms with Crippen LogP contribution in [0.4, 0.5) is 4.79 Å². The van der Waals surface area contributed by atoms with Gasteiger partial charge in [0.2, 0.25) is 0 Å². The van der Waals surface area contributed by atoms with Crippen molar-refractivity contribution in [3.63, 3.8) is 0 Å². The van der Waals surface area contributed by atoms with E-state index in [4.69, 9.17) is 14.6 Å². The number of aryl methyl sites for hydroxylation is 1. The molecule has 0 radical (unpaired) electrons. The maximum absolute atomic E-state index is 12.1. The van der Waals surface area contributed by atoms with Gasteiger partial charge in [-0.1, -0.05) is 0 Å². The minimum atomic E-state index is -1.02. The summed E-state index contributed by atoms with van der Waals surface area (Å²) in [6.07, 6.45) is 5.23. The first-order valence-corrected chi connectivity index (χ1v) is 10.7. The van der Waals surface area contributed by atoms with Crippen molar-refractivity contribution in [1.29, 1.82) is 0 Å². The zero-order valence-electron chi connectivity index (χ0n) is 18.3. The van der Waals surface area contributed by atoms with E-state index >= 15 is 0 Å². The lowest BCUT2D eigenvalue weighted by atomic mass is 9.88. The molecule has 0 spiro atoms. The van der Waals surface area contributed by atoms with Crippen LogP contribution in [0.1, 0.15) is 62.5 Å². The first kappa shape index (κ1) is 22.3. The molecule has 2 fully saturated rings. The lowest BCUT2D eigenvalue weighted by Crippen LogP contribution is -2.49. The van der Waals surface area contributed by atoms with Crippen molar-refractivity contribution < 1.29 is 24.2 Å². The second-order valence-electron chi connectivity index (χ2n) is 9.37. The topological polar surface area (TPSA) is 101 Å². The number of amides is 1. The molecule has 1 saturated heterocycles. The lowest BCUT2D eigenvalue weighted by Gasteiger charge is -2.38. The number of pyridine rings is 1. The quantitative estimate of drug-likeness (QED) is 0.730. The molecule has 1 aliphatic carbocycles. The van der Waals surface area contributed by atoms with E-state index in [-0.39, 0.29) is 17.9 Å². The number of aromatic nitrogens is 1. The number of carboxylic acid groups (broad SMARTS) is 1. The molecule has 2 aliphatic rings. The Labute approximate surface area is 177 Å². The van der Waals surface area contributed by atoms with Crippen molar-refractivity contribution in [3.8, 4) is 5.75 Å². The maximum atomic E-state index is 12.1. The number of nitrogens with zero attached hydrogens (tertiary/aromatic N) is 2. The molecule has 8 heteroatoms. The van der Waals surface area contributed by atoms with Gasteiger partial charge < -0.3 is 24.8 Å². The number of likely N-dealkylation sites (tertiary alicyclic amines) is 1. The molecule has 166 valence electrons. The van der Waals surface area contributed by atoms with Crippen LogP contribution in [-0.2, 0) is 4.74 Å². The Kier molecular flexibility index (Phi) is 6.85. The SMILES string of the molecule is Cc1cc(OC2CC(NCC3CCN(C(=O)OC(C)(C)C)CC3)C2)cnc1C(=O)O. The van der Waals surface area contributed by atoms with Crippen LogP contribution in [0.3, 0.4) is 0 Å². The predicted molar refractivity (Wildman–Crippen MR) is 112 cm³/mol. The van der Waals surface area contributed by atoms with Crippen molar-refractivity contribution in [2.75, 3.05) is 19.6 Å². The van der Waals surface area contributed by atoms with Crippen LogP contribution in [0.2, 0.25) is 0 Å². The molecule has 2 heterocycles. The minimum Gasteiger partial charge on any atom is -0.489 e. The van der Waals surface area contributed by atoms with E-state index in [2.05, 4.69) is 10.3 Å². The average molecular weight is 420 g/mol. The van der Waals surface area contributed by atoms with E-state index in [1.807, 2.05) is 20.8 Å². The van der Waals surface area contributed by atoms with Gasteiger partial charge in [0.05, 0.1) is 6.20 Å². The Morgan fingerprint density at radius 1 is 1.27 bits per heavy atom. The molecule has 0 atom stereocenters. The Balaban J connectivity index is 1.32. The van der Waals surface area contributed by atoms with Gasteiger partial charge in [0.25, 0.3) is 0 Å². The molecule has 0 aromatic carbocycles. The first-order valence-electron chi connectivity index (χ1n) is 10.7. The maximum Gasteiger partial charge on any atom is 0.410 e. The van der Waals surface area contributed by atoms with Gasteiger partial charge >= 0.3 is 12.1 Å². The Bertz CT molecular complexity index is 763. The number of aromatic carboxylic acids is 1. The van der Waals surface area contributed by atoms with Crippen LogP contribution < -0.4 is 10.1 Å². The van der Waals surface area contributed by atoms with Crippen LogP contribution >= 0.6 is 0 Å². The Morgan fingerprint density at radius 3 is 2.50 bits per heavy atom. The highest BCUT2D eigenvalue weighted by Crippen LogP contribution is 2.27. The van der Waals surface area contributed by atoms with E-state index < -0.39 is 11.6 Å². The predicted octanol–water partition coefficient (Wildman–Crippen LogP) is 3.23. The summed E-state index contributed by atoms with van der Waals surface area (Å²) in [7, 11) is 0. The smallest absolute Gasteiger partial charge is 0.410 e. The number of rotatable bonds is 6. The van der Waals surface area contributed by atoms with Gasteiger partial charge in [-0.3, -0.25) is 0 Å². The number of ether oxygens (including phenoxy) is 2. The summed E-state index contributed by atoms with van der Waals surface area (Å²) in [5, 5.41) is 12.7. The second-order valence-corrected chi connectivity index (χ2v) is 9.37. The fourth-order valence-corrected chi connectivity index (χ4v) is 3.84. The summed E-state index contributed by atoms with van der Waals surface area (Å²) in [5.41, 5.74) is 0.214. The summed E-state index contributed by atoms with van der Waals surface area (Å²) in [6.45, 7) is 9.84. The molecular weight excluding hydrogens is 386 g/mol. The third-order valence-corrected chi connectivity index (χ3v) is 5.61. The Morgan fingerprint density at radius 2 is 1.93 bits per heavy atom. The molecule has 0 unspecified atom stereocenters. The monoisotopic (exact) mass is 419 g/mol. The summed E-state index contributed by atoms with van der Waals surface area (Å²) in [5.74, 6) is 0.165. The van der Waals surface area contributed by atoms with E-state index in [1.54, 1.807) is 17.9 Å². The van der Waals surface area contributed by atoms with Crippen molar-refractivity contribution in [1.82, 2.24) is 15.2 Å². The summed E-state index contributed by atoms with van der Waals surface area (Å²) >= 11 is 0. The number of carboxylic acids is 1. The lowest BCUT2D eigenvalue weighted by molar-refractivity contribution is 0.0177. The van der Waals surface area contributed by atoms with Crippen LogP contribution in [-0.4, -0.2) is 64.4 Å². The normalized spacial score (nSPS) is 22.3. The molecule has 1 aromatic rings. The van der Waals surface area contributed by atoms with Gasteiger partial charge in [-0.05, 0) is 77.5 Å². The highest BCUT2D eigenvalue weighted by atomic mass is 16.6. The van der Waals surface area contributed by atoms with Crippen molar-refractivity contribution in [3.05, 3.63) is 23.5 Å². The highest BCUT2D eigenvalue weighted by molar-refractivity contribution is 5.87. The van der Waals surface area contributed by atoms with Gasteiger partial charge in [0.1, 0.15) is 17.5 Å². The highest BCUT2D eigenvalue weighted by Gasteiger charge is 2.32. The zero-order valence-corrected chi connectivity index (χ0v) is 18.3. The van der Waals surface area contributed by atoms with Crippen LogP contribution in [0.25, 0.3) is 0 Å². The van der Waals surface area contributed by atoms with E-state index in [0.29, 0.717) is 23.3 Å². The Hall–Kier alpha value is -2.35. The second kappa shape index (κ2) is 9.20. The third kappa shape index (κ3) is 6.08. The van der Waals surface area contributed by atoms with Crippen LogP contribution in [0, 0.1) is 12.8 Å². The molecule has 0 bridgehead atoms. The fraction of sp³-hybridized carbons (Fsp3) is 0.682. The first-order chi connectivity index (χ1) is 14.1. The molecule has 1 saturated carbocycles. The minimum absolute atomic E-state index is 0.0632. The van der Waals surface area contributed by atoms with Gasteiger partial charge in [0, 0.05) is 19.1 Å². The molecule has 1 amide bonds. The summed E-state index contributed by atoms with van der Waals surface area (Å²) in [6, 6.07) is 2.17. The fourth-order valence-electron chi connectivity index (χ4n) is 3.84. The van der Waals surface area contributed by atoms with Crippen molar-refractivity contribution in [2.45, 2.75) is 71.1 Å². The molecular formula is C22H33N3O5. The van der Waals surface area contributed by atoms with Crippen molar-refractivity contribution in [2.24, 2.45) is 5.92 Å². The number of nitrogens with one attached hydrogen (secondary N) is 1. The summed E-state index contributed by atoms with van der Waals surface area (Å²) < 4.78 is 11.4. The molecule has 1 aromatic heterocycles. The van der Waals surface area contributed by atoms with E-state index in [0.717, 1.165) is 45.3 Å². The zero-order chi connectivity index (χ0) is 21.9.